The lowest BCUT2D eigenvalue weighted by molar-refractivity contribution is -0.258. The first-order valence-corrected chi connectivity index (χ1v) is 11.4. The van der Waals surface area contributed by atoms with Crippen LogP contribution >= 0.6 is 0 Å². The van der Waals surface area contributed by atoms with Gasteiger partial charge in [-0.2, -0.15) is 18.4 Å². The van der Waals surface area contributed by atoms with E-state index >= 15 is 0 Å². The number of likely N-dealkylation sites (tertiary alicyclic amines) is 1. The van der Waals surface area contributed by atoms with Gasteiger partial charge in [-0.05, 0) is 68.6 Å². The topological polar surface area (TPSA) is 67.6 Å². The third-order valence-electron chi connectivity index (χ3n) is 7.34. The van der Waals surface area contributed by atoms with Gasteiger partial charge in [0.15, 0.2) is 5.60 Å². The SMILES string of the molecule is C[C@](O)(c1ccc(C(=O)N(C2CC2)C2CCN(CC3(CC#N)CC3)CC2)cc1)C(F)(F)F. The number of nitriles is 1. The first kappa shape index (κ1) is 23.1. The quantitative estimate of drug-likeness (QED) is 0.677. The maximum absolute atomic E-state index is 13.3. The average molecular weight is 450 g/mol. The van der Waals surface area contributed by atoms with E-state index in [1.807, 2.05) is 4.90 Å². The van der Waals surface area contributed by atoms with Crippen LogP contribution < -0.4 is 0 Å². The van der Waals surface area contributed by atoms with E-state index in [-0.39, 0.29) is 29.0 Å². The molecule has 1 heterocycles. The first-order chi connectivity index (χ1) is 15.1. The number of alkyl halides is 3. The summed E-state index contributed by atoms with van der Waals surface area (Å²) in [4.78, 5) is 17.6. The molecule has 1 atom stereocenters. The summed E-state index contributed by atoms with van der Waals surface area (Å²) in [7, 11) is 0. The summed E-state index contributed by atoms with van der Waals surface area (Å²) in [6.45, 7) is 3.45. The van der Waals surface area contributed by atoms with E-state index in [2.05, 4.69) is 11.0 Å². The van der Waals surface area contributed by atoms with Crippen molar-refractivity contribution in [1.82, 2.24) is 9.80 Å². The summed E-state index contributed by atoms with van der Waals surface area (Å²) in [6, 6.07) is 7.79. The van der Waals surface area contributed by atoms with Crippen LogP contribution in [0.1, 0.15) is 67.8 Å². The Labute approximate surface area is 186 Å². The van der Waals surface area contributed by atoms with Crippen molar-refractivity contribution in [2.24, 2.45) is 5.41 Å². The number of hydrogen-bond donors (Lipinski definition) is 1. The summed E-state index contributed by atoms with van der Waals surface area (Å²) in [5.74, 6) is -0.146. The second-order valence-corrected chi connectivity index (χ2v) is 9.93. The molecule has 1 aromatic carbocycles. The van der Waals surface area contributed by atoms with Crippen molar-refractivity contribution in [3.63, 3.8) is 0 Å². The van der Waals surface area contributed by atoms with Crippen LogP contribution in [0, 0.1) is 16.7 Å². The smallest absolute Gasteiger partial charge is 0.376 e. The van der Waals surface area contributed by atoms with E-state index in [4.69, 9.17) is 5.26 Å². The molecule has 0 aromatic heterocycles. The van der Waals surface area contributed by atoms with Crippen molar-refractivity contribution in [1.29, 1.82) is 5.26 Å². The highest BCUT2D eigenvalue weighted by molar-refractivity contribution is 5.95. The number of aliphatic hydroxyl groups is 1. The van der Waals surface area contributed by atoms with Gasteiger partial charge in [0, 0.05) is 43.7 Å². The van der Waals surface area contributed by atoms with Crippen molar-refractivity contribution in [3.05, 3.63) is 35.4 Å². The molecule has 1 N–H and O–H groups in total. The molecule has 1 aliphatic heterocycles. The maximum Gasteiger partial charge on any atom is 0.421 e. The zero-order valence-electron chi connectivity index (χ0n) is 18.4. The largest absolute Gasteiger partial charge is 0.421 e. The molecule has 32 heavy (non-hydrogen) atoms. The average Bonchev–Trinajstić information content (AvgIpc) is 3.67. The highest BCUT2D eigenvalue weighted by atomic mass is 19.4. The van der Waals surface area contributed by atoms with Crippen LogP contribution in [-0.4, -0.2) is 58.7 Å². The summed E-state index contributed by atoms with van der Waals surface area (Å²) < 4.78 is 39.3. The third kappa shape index (κ3) is 4.65. The second kappa shape index (κ2) is 8.35. The van der Waals surface area contributed by atoms with E-state index < -0.39 is 11.8 Å². The summed E-state index contributed by atoms with van der Waals surface area (Å²) >= 11 is 0. The standard InChI is InChI=1S/C24H30F3N3O2/c1-22(32,24(25,26)27)18-4-2-17(3-5-18)21(31)30(19-6-7-19)20-8-14-29(15-9-20)16-23(10-11-23)12-13-28/h2-5,19-20,32H,6-12,14-16H2,1H3/t22-/m0/s1. The number of nitrogens with zero attached hydrogens (tertiary/aromatic N) is 3. The Balaban J connectivity index is 1.40. The van der Waals surface area contributed by atoms with Gasteiger partial charge < -0.3 is 14.9 Å². The predicted molar refractivity (Wildman–Crippen MR) is 113 cm³/mol. The van der Waals surface area contributed by atoms with Gasteiger partial charge in [0.2, 0.25) is 0 Å². The van der Waals surface area contributed by atoms with E-state index in [0.29, 0.717) is 12.0 Å². The summed E-state index contributed by atoms with van der Waals surface area (Å²) in [5, 5.41) is 18.9. The molecule has 2 saturated carbocycles. The van der Waals surface area contributed by atoms with Crippen molar-refractivity contribution >= 4 is 5.91 Å². The molecule has 174 valence electrons. The van der Waals surface area contributed by atoms with Crippen LogP contribution in [0.3, 0.4) is 0 Å². The monoisotopic (exact) mass is 449 g/mol. The number of hydrogen-bond acceptors (Lipinski definition) is 4. The Morgan fingerprint density at radius 3 is 2.19 bits per heavy atom. The Morgan fingerprint density at radius 1 is 1.16 bits per heavy atom. The van der Waals surface area contributed by atoms with Crippen molar-refractivity contribution in [3.8, 4) is 6.07 Å². The van der Waals surface area contributed by atoms with Crippen LogP contribution in [-0.2, 0) is 5.60 Å². The van der Waals surface area contributed by atoms with Gasteiger partial charge in [-0.15, -0.1) is 0 Å². The molecule has 0 radical (unpaired) electrons. The van der Waals surface area contributed by atoms with E-state index in [0.717, 1.165) is 65.1 Å². The number of carbonyl (C=O) groups excluding carboxylic acids is 1. The van der Waals surface area contributed by atoms with Gasteiger partial charge in [-0.25, -0.2) is 0 Å². The Kier molecular flexibility index (Phi) is 6.01. The number of rotatable bonds is 7. The Morgan fingerprint density at radius 2 is 1.72 bits per heavy atom. The summed E-state index contributed by atoms with van der Waals surface area (Å²) in [5.41, 5.74) is -2.71. The number of piperidine rings is 1. The highest BCUT2D eigenvalue weighted by Gasteiger charge is 2.51. The predicted octanol–water partition coefficient (Wildman–Crippen LogP) is 4.22. The van der Waals surface area contributed by atoms with Gasteiger partial charge in [0.1, 0.15) is 0 Å². The van der Waals surface area contributed by atoms with Crippen LogP contribution in [0.25, 0.3) is 0 Å². The molecule has 0 bridgehead atoms. The third-order valence-corrected chi connectivity index (χ3v) is 7.34. The molecular weight excluding hydrogens is 419 g/mol. The fraction of sp³-hybridized carbons (Fsp3) is 0.667. The minimum absolute atomic E-state index is 0.121. The van der Waals surface area contributed by atoms with Gasteiger partial charge in [0.05, 0.1) is 6.07 Å². The molecule has 8 heteroatoms. The molecule has 3 aliphatic rings. The zero-order valence-corrected chi connectivity index (χ0v) is 18.4. The van der Waals surface area contributed by atoms with Gasteiger partial charge in [-0.3, -0.25) is 4.79 Å². The van der Waals surface area contributed by atoms with Crippen molar-refractivity contribution < 1.29 is 23.1 Å². The van der Waals surface area contributed by atoms with Crippen molar-refractivity contribution in [2.75, 3.05) is 19.6 Å². The number of halogens is 3. The van der Waals surface area contributed by atoms with Crippen LogP contribution in [0.5, 0.6) is 0 Å². The minimum atomic E-state index is -4.79. The van der Waals surface area contributed by atoms with Gasteiger partial charge in [0.25, 0.3) is 5.91 Å². The van der Waals surface area contributed by atoms with Crippen LogP contribution in [0.4, 0.5) is 13.2 Å². The zero-order chi connectivity index (χ0) is 23.1. The number of carbonyl (C=O) groups is 1. The minimum Gasteiger partial charge on any atom is -0.376 e. The lowest BCUT2D eigenvalue weighted by Crippen LogP contribution is -2.49. The summed E-state index contributed by atoms with van der Waals surface area (Å²) in [6.07, 6.45) is 1.69. The molecule has 0 unspecified atom stereocenters. The Bertz CT molecular complexity index is 875. The lowest BCUT2D eigenvalue weighted by atomic mass is 9.94. The molecule has 5 nitrogen and oxygen atoms in total. The molecular formula is C24H30F3N3O2. The van der Waals surface area contributed by atoms with Gasteiger partial charge >= 0.3 is 6.18 Å². The number of benzene rings is 1. The lowest BCUT2D eigenvalue weighted by Gasteiger charge is -2.40. The Hall–Kier alpha value is -2.11. The van der Waals surface area contributed by atoms with Gasteiger partial charge in [-0.1, -0.05) is 12.1 Å². The fourth-order valence-corrected chi connectivity index (χ4v) is 4.80. The molecule has 1 aromatic rings. The molecule has 3 fully saturated rings. The van der Waals surface area contributed by atoms with E-state index in [1.165, 1.54) is 24.3 Å². The number of amides is 1. The molecule has 1 saturated heterocycles. The fourth-order valence-electron chi connectivity index (χ4n) is 4.80. The molecule has 4 rings (SSSR count). The highest BCUT2D eigenvalue weighted by Crippen LogP contribution is 2.49. The maximum atomic E-state index is 13.3. The van der Waals surface area contributed by atoms with E-state index in [9.17, 15) is 23.1 Å². The van der Waals surface area contributed by atoms with Crippen molar-refractivity contribution in [2.45, 2.75) is 75.7 Å². The van der Waals surface area contributed by atoms with Crippen LogP contribution in [0.2, 0.25) is 0 Å². The first-order valence-electron chi connectivity index (χ1n) is 11.4. The molecule has 2 aliphatic carbocycles. The second-order valence-electron chi connectivity index (χ2n) is 9.93. The normalized spacial score (nSPS) is 23.2. The van der Waals surface area contributed by atoms with E-state index in [1.54, 1.807) is 0 Å². The molecule has 1 amide bonds. The molecule has 0 spiro atoms. The van der Waals surface area contributed by atoms with Crippen LogP contribution in [0.15, 0.2) is 24.3 Å².